The first-order valence-electron chi connectivity index (χ1n) is 4.50. The maximum Gasteiger partial charge on any atom is 0.0434 e. The summed E-state index contributed by atoms with van der Waals surface area (Å²) in [5.41, 5.74) is 8.27. The molecule has 0 saturated carbocycles. The molecule has 2 N–H and O–H groups in total. The first kappa shape index (κ1) is 8.57. The Kier molecular flexibility index (Phi) is 2.00. The van der Waals surface area contributed by atoms with E-state index in [0.29, 0.717) is 0 Å². The van der Waals surface area contributed by atoms with Gasteiger partial charge >= 0.3 is 0 Å². The molecule has 2 heteroatoms. The van der Waals surface area contributed by atoms with Crippen LogP contribution in [0.5, 0.6) is 0 Å². The van der Waals surface area contributed by atoms with Crippen molar-refractivity contribution in [3.63, 3.8) is 0 Å². The zero-order valence-electron chi connectivity index (χ0n) is 7.92. The van der Waals surface area contributed by atoms with E-state index < -0.39 is 0 Å². The number of rotatable bonds is 1. The molecule has 13 heavy (non-hydrogen) atoms. The Morgan fingerprint density at radius 3 is 2.85 bits per heavy atom. The van der Waals surface area contributed by atoms with Crippen molar-refractivity contribution in [1.29, 1.82) is 0 Å². The van der Waals surface area contributed by atoms with Crippen molar-refractivity contribution in [3.8, 4) is 0 Å². The van der Waals surface area contributed by atoms with Crippen LogP contribution in [0, 0.1) is 6.92 Å². The average Bonchev–Trinajstić information content (AvgIpc) is 2.47. The van der Waals surface area contributed by atoms with E-state index >= 15 is 0 Å². The van der Waals surface area contributed by atoms with Gasteiger partial charge in [0.2, 0.25) is 0 Å². The summed E-state index contributed by atoms with van der Waals surface area (Å²) in [4.78, 5) is 1.33. The number of nitrogens with two attached hydrogens (primary N) is 1. The van der Waals surface area contributed by atoms with Crippen LogP contribution in [0.15, 0.2) is 18.2 Å². The molecule has 0 aliphatic rings. The van der Waals surface area contributed by atoms with Crippen LogP contribution in [-0.4, -0.2) is 0 Å². The van der Waals surface area contributed by atoms with Crippen LogP contribution in [0.4, 0.5) is 5.69 Å². The zero-order valence-corrected chi connectivity index (χ0v) is 8.74. The minimum atomic E-state index is 0.962. The Labute approximate surface area is 82.2 Å². The minimum Gasteiger partial charge on any atom is -0.398 e. The molecule has 1 nitrogen and oxygen atoms in total. The molecule has 0 amide bonds. The second-order valence-electron chi connectivity index (χ2n) is 3.26. The van der Waals surface area contributed by atoms with E-state index in [4.69, 9.17) is 5.73 Å². The van der Waals surface area contributed by atoms with Gasteiger partial charge in [-0.05, 0) is 31.0 Å². The van der Waals surface area contributed by atoms with Gasteiger partial charge in [-0.2, -0.15) is 0 Å². The van der Waals surface area contributed by atoms with Gasteiger partial charge in [0, 0.05) is 20.7 Å². The molecule has 1 heterocycles. The number of aryl methyl sites for hydroxylation is 2. The third-order valence-corrected chi connectivity index (χ3v) is 3.35. The Morgan fingerprint density at radius 2 is 2.15 bits per heavy atom. The number of thiophene rings is 1. The molecule has 1 aromatic carbocycles. The minimum absolute atomic E-state index is 0.962. The molecule has 68 valence electrons. The van der Waals surface area contributed by atoms with Crippen LogP contribution in [0.1, 0.15) is 17.4 Å². The van der Waals surface area contributed by atoms with E-state index in [0.717, 1.165) is 12.1 Å². The van der Waals surface area contributed by atoms with Crippen molar-refractivity contribution in [3.05, 3.63) is 28.6 Å². The molecule has 0 spiro atoms. The molecule has 0 atom stereocenters. The Morgan fingerprint density at radius 1 is 1.38 bits per heavy atom. The first-order chi connectivity index (χ1) is 6.22. The van der Waals surface area contributed by atoms with Gasteiger partial charge in [0.1, 0.15) is 0 Å². The van der Waals surface area contributed by atoms with Crippen LogP contribution in [0.3, 0.4) is 0 Å². The van der Waals surface area contributed by atoms with Crippen LogP contribution in [-0.2, 0) is 6.42 Å². The van der Waals surface area contributed by atoms with E-state index in [1.54, 1.807) is 11.3 Å². The quantitative estimate of drug-likeness (QED) is 0.687. The van der Waals surface area contributed by atoms with Gasteiger partial charge in [0.05, 0.1) is 0 Å². The number of nitrogen functional groups attached to an aromatic ring is 1. The summed E-state index contributed by atoms with van der Waals surface area (Å²) >= 11 is 1.81. The largest absolute Gasteiger partial charge is 0.398 e. The molecule has 0 bridgehead atoms. The van der Waals surface area contributed by atoms with Gasteiger partial charge in [-0.3, -0.25) is 0 Å². The van der Waals surface area contributed by atoms with Crippen molar-refractivity contribution < 1.29 is 0 Å². The van der Waals surface area contributed by atoms with E-state index in [9.17, 15) is 0 Å². The first-order valence-corrected chi connectivity index (χ1v) is 5.31. The molecule has 0 saturated heterocycles. The highest BCUT2D eigenvalue weighted by molar-refractivity contribution is 7.19. The van der Waals surface area contributed by atoms with Crippen LogP contribution in [0.2, 0.25) is 0 Å². The molecule has 0 radical (unpaired) electrons. The molecule has 2 rings (SSSR count). The number of benzene rings is 1. The predicted octanol–water partition coefficient (Wildman–Crippen LogP) is 3.35. The van der Waals surface area contributed by atoms with E-state index in [1.807, 2.05) is 0 Å². The van der Waals surface area contributed by atoms with Crippen molar-refractivity contribution in [2.75, 3.05) is 5.73 Å². The number of fused-ring (bicyclic) bond motifs is 1. The fourth-order valence-corrected chi connectivity index (χ4v) is 2.55. The second-order valence-corrected chi connectivity index (χ2v) is 4.55. The van der Waals surface area contributed by atoms with Crippen molar-refractivity contribution in [2.24, 2.45) is 0 Å². The standard InChI is InChI=1S/C11H13NS/c1-3-8-4-5-10-9(11(8)12)6-7(2)13-10/h4-6H,3,12H2,1-2H3. The summed E-state index contributed by atoms with van der Waals surface area (Å²) in [6.07, 6.45) is 1.01. The third-order valence-electron chi connectivity index (χ3n) is 2.34. The van der Waals surface area contributed by atoms with E-state index in [2.05, 4.69) is 32.0 Å². The molecule has 1 aromatic heterocycles. The molecule has 0 aliphatic heterocycles. The van der Waals surface area contributed by atoms with E-state index in [1.165, 1.54) is 20.5 Å². The van der Waals surface area contributed by atoms with Crippen molar-refractivity contribution >= 4 is 27.1 Å². The van der Waals surface area contributed by atoms with Gasteiger partial charge in [-0.15, -0.1) is 11.3 Å². The SMILES string of the molecule is CCc1ccc2sc(C)cc2c1N. The number of hydrogen-bond donors (Lipinski definition) is 1. The highest BCUT2D eigenvalue weighted by Crippen LogP contribution is 2.31. The molecular weight excluding hydrogens is 178 g/mol. The Balaban J connectivity index is 2.78. The molecule has 0 fully saturated rings. The lowest BCUT2D eigenvalue weighted by atomic mass is 10.1. The highest BCUT2D eigenvalue weighted by Gasteiger charge is 2.04. The third kappa shape index (κ3) is 1.31. The molecule has 0 unspecified atom stereocenters. The van der Waals surface area contributed by atoms with Crippen LogP contribution >= 0.6 is 11.3 Å². The van der Waals surface area contributed by atoms with Crippen molar-refractivity contribution in [2.45, 2.75) is 20.3 Å². The highest BCUT2D eigenvalue weighted by atomic mass is 32.1. The zero-order chi connectivity index (χ0) is 9.42. The van der Waals surface area contributed by atoms with Gasteiger partial charge in [0.15, 0.2) is 0 Å². The van der Waals surface area contributed by atoms with Gasteiger partial charge < -0.3 is 5.73 Å². The van der Waals surface area contributed by atoms with Crippen LogP contribution in [0.25, 0.3) is 10.1 Å². The summed E-state index contributed by atoms with van der Waals surface area (Å²) in [6.45, 7) is 4.26. The Bertz CT molecular complexity index is 443. The lowest BCUT2D eigenvalue weighted by Crippen LogP contribution is -1.92. The second kappa shape index (κ2) is 3.04. The number of hydrogen-bond acceptors (Lipinski definition) is 2. The maximum absolute atomic E-state index is 6.05. The van der Waals surface area contributed by atoms with Gasteiger partial charge in [-0.1, -0.05) is 13.0 Å². The predicted molar refractivity (Wildman–Crippen MR) is 60.4 cm³/mol. The average molecular weight is 191 g/mol. The van der Waals surface area contributed by atoms with Crippen molar-refractivity contribution in [1.82, 2.24) is 0 Å². The molecular formula is C11H13NS. The van der Waals surface area contributed by atoms with Gasteiger partial charge in [-0.25, -0.2) is 0 Å². The lowest BCUT2D eigenvalue weighted by molar-refractivity contribution is 1.15. The number of anilines is 1. The monoisotopic (exact) mass is 191 g/mol. The lowest BCUT2D eigenvalue weighted by Gasteiger charge is -2.02. The fraction of sp³-hybridized carbons (Fsp3) is 0.273. The molecule has 0 aliphatic carbocycles. The summed E-state index contributed by atoms with van der Waals surface area (Å²) in [5.74, 6) is 0. The summed E-state index contributed by atoms with van der Waals surface area (Å²) in [5, 5.41) is 1.22. The topological polar surface area (TPSA) is 26.0 Å². The fourth-order valence-electron chi connectivity index (χ4n) is 1.61. The van der Waals surface area contributed by atoms with Crippen LogP contribution < -0.4 is 5.73 Å². The smallest absolute Gasteiger partial charge is 0.0434 e. The Hall–Kier alpha value is -1.02. The summed E-state index contributed by atoms with van der Waals surface area (Å²) in [7, 11) is 0. The molecule has 2 aromatic rings. The summed E-state index contributed by atoms with van der Waals surface area (Å²) < 4.78 is 1.30. The maximum atomic E-state index is 6.05. The summed E-state index contributed by atoms with van der Waals surface area (Å²) in [6, 6.07) is 6.48. The normalized spacial score (nSPS) is 10.9. The van der Waals surface area contributed by atoms with Gasteiger partial charge in [0.25, 0.3) is 0 Å². The van der Waals surface area contributed by atoms with E-state index in [-0.39, 0.29) is 0 Å².